The van der Waals surface area contributed by atoms with E-state index in [9.17, 15) is 0 Å². The second kappa shape index (κ2) is 8.04. The summed E-state index contributed by atoms with van der Waals surface area (Å²) in [5.41, 5.74) is 1.13. The standard InChI is InChI=1S/C17H27ClN2O2/c1-5-12(2)16(20-10-8-19-9-11-20)13-6-7-14(21-3)17(22-4)15(13)18/h6-7,12,16,19H,5,8-11H2,1-4H3/t12?,16-/m0/s1. The Morgan fingerprint density at radius 2 is 1.91 bits per heavy atom. The van der Waals surface area contributed by atoms with E-state index in [4.69, 9.17) is 21.1 Å². The van der Waals surface area contributed by atoms with E-state index in [-0.39, 0.29) is 0 Å². The molecule has 0 radical (unpaired) electrons. The topological polar surface area (TPSA) is 33.7 Å². The summed E-state index contributed by atoms with van der Waals surface area (Å²) < 4.78 is 10.8. The fraction of sp³-hybridized carbons (Fsp3) is 0.647. The normalized spacial score (nSPS) is 18.8. The van der Waals surface area contributed by atoms with Gasteiger partial charge in [-0.1, -0.05) is 37.9 Å². The van der Waals surface area contributed by atoms with Crippen molar-refractivity contribution in [2.45, 2.75) is 26.3 Å². The van der Waals surface area contributed by atoms with Crippen LogP contribution < -0.4 is 14.8 Å². The van der Waals surface area contributed by atoms with Crippen molar-refractivity contribution in [2.24, 2.45) is 5.92 Å². The zero-order valence-electron chi connectivity index (χ0n) is 14.0. The minimum atomic E-state index is 0.305. The molecule has 1 heterocycles. The van der Waals surface area contributed by atoms with Crippen LogP contribution in [0.3, 0.4) is 0 Å². The average molecular weight is 327 g/mol. The molecule has 1 aromatic carbocycles. The van der Waals surface area contributed by atoms with Gasteiger partial charge in [0.15, 0.2) is 11.5 Å². The Balaban J connectivity index is 2.42. The van der Waals surface area contributed by atoms with Gasteiger partial charge in [0.2, 0.25) is 0 Å². The first-order valence-corrected chi connectivity index (χ1v) is 8.36. The fourth-order valence-electron chi connectivity index (χ4n) is 3.18. The van der Waals surface area contributed by atoms with Crippen LogP contribution in [-0.4, -0.2) is 45.3 Å². The molecule has 0 aliphatic carbocycles. The van der Waals surface area contributed by atoms with Crippen molar-refractivity contribution in [2.75, 3.05) is 40.4 Å². The SMILES string of the molecule is CCC(C)[C@@H](c1ccc(OC)c(OC)c1Cl)N1CCNCC1. The average Bonchev–Trinajstić information content (AvgIpc) is 2.57. The molecular weight excluding hydrogens is 300 g/mol. The van der Waals surface area contributed by atoms with Gasteiger partial charge in [0.1, 0.15) is 0 Å². The first kappa shape index (κ1) is 17.4. The van der Waals surface area contributed by atoms with Gasteiger partial charge in [-0.05, 0) is 17.5 Å². The number of piperazine rings is 1. The lowest BCUT2D eigenvalue weighted by Gasteiger charge is -2.39. The van der Waals surface area contributed by atoms with Crippen molar-refractivity contribution in [1.82, 2.24) is 10.2 Å². The van der Waals surface area contributed by atoms with E-state index in [2.05, 4.69) is 30.1 Å². The van der Waals surface area contributed by atoms with Crippen molar-refractivity contribution in [3.05, 3.63) is 22.7 Å². The molecule has 124 valence electrons. The highest BCUT2D eigenvalue weighted by Gasteiger charge is 2.29. The van der Waals surface area contributed by atoms with Crippen molar-refractivity contribution in [3.63, 3.8) is 0 Å². The molecular formula is C17H27ClN2O2. The van der Waals surface area contributed by atoms with Crippen molar-refractivity contribution < 1.29 is 9.47 Å². The molecule has 1 saturated heterocycles. The summed E-state index contributed by atoms with van der Waals surface area (Å²) >= 11 is 6.66. The molecule has 1 aromatic rings. The number of hydrogen-bond acceptors (Lipinski definition) is 4. The number of ether oxygens (including phenoxy) is 2. The molecule has 1 fully saturated rings. The van der Waals surface area contributed by atoms with Crippen molar-refractivity contribution in [1.29, 1.82) is 0 Å². The molecule has 2 atom stereocenters. The highest BCUT2D eigenvalue weighted by atomic mass is 35.5. The number of hydrogen-bond donors (Lipinski definition) is 1. The Hall–Kier alpha value is -0.970. The van der Waals surface area contributed by atoms with Gasteiger partial charge in [-0.15, -0.1) is 0 Å². The third kappa shape index (κ3) is 3.50. The van der Waals surface area contributed by atoms with Crippen LogP contribution in [0.2, 0.25) is 5.02 Å². The number of nitrogens with zero attached hydrogens (tertiary/aromatic N) is 1. The molecule has 5 heteroatoms. The summed E-state index contributed by atoms with van der Waals surface area (Å²) in [4.78, 5) is 2.53. The summed E-state index contributed by atoms with van der Waals surface area (Å²) in [7, 11) is 3.27. The van der Waals surface area contributed by atoms with Crippen LogP contribution >= 0.6 is 11.6 Å². The highest BCUT2D eigenvalue weighted by Crippen LogP contribution is 2.43. The van der Waals surface area contributed by atoms with Gasteiger partial charge in [-0.2, -0.15) is 0 Å². The van der Waals surface area contributed by atoms with E-state index in [1.165, 1.54) is 0 Å². The number of halogens is 1. The van der Waals surface area contributed by atoms with E-state index < -0.39 is 0 Å². The minimum absolute atomic E-state index is 0.305. The van der Waals surface area contributed by atoms with E-state index in [1.54, 1.807) is 14.2 Å². The molecule has 0 amide bonds. The van der Waals surface area contributed by atoms with E-state index in [1.807, 2.05) is 6.07 Å². The summed E-state index contributed by atoms with van der Waals surface area (Å²) in [5.74, 6) is 1.83. The Kier molecular flexibility index (Phi) is 6.36. The smallest absolute Gasteiger partial charge is 0.179 e. The third-order valence-corrected chi connectivity index (χ3v) is 4.95. The Morgan fingerprint density at radius 1 is 1.23 bits per heavy atom. The lowest BCUT2D eigenvalue weighted by atomic mass is 9.90. The maximum Gasteiger partial charge on any atom is 0.179 e. The van der Waals surface area contributed by atoms with Crippen molar-refractivity contribution >= 4 is 11.6 Å². The van der Waals surface area contributed by atoms with Gasteiger partial charge in [0.25, 0.3) is 0 Å². The summed E-state index contributed by atoms with van der Waals surface area (Å²) in [6.45, 7) is 8.66. The zero-order valence-corrected chi connectivity index (χ0v) is 14.7. The van der Waals surface area contributed by atoms with Crippen LogP contribution in [0.5, 0.6) is 11.5 Å². The summed E-state index contributed by atoms with van der Waals surface area (Å²) in [6.07, 6.45) is 1.11. The maximum atomic E-state index is 6.66. The Labute approximate surface area is 138 Å². The second-order valence-electron chi connectivity index (χ2n) is 5.82. The van der Waals surface area contributed by atoms with Crippen LogP contribution in [0.1, 0.15) is 31.9 Å². The number of rotatable bonds is 6. The molecule has 1 unspecified atom stereocenters. The van der Waals surface area contributed by atoms with Crippen LogP contribution in [0.4, 0.5) is 0 Å². The molecule has 2 rings (SSSR count). The van der Waals surface area contributed by atoms with Gasteiger partial charge in [-0.25, -0.2) is 0 Å². The van der Waals surface area contributed by atoms with Gasteiger partial charge < -0.3 is 14.8 Å². The predicted octanol–water partition coefficient (Wildman–Crippen LogP) is 3.35. The summed E-state index contributed by atoms with van der Waals surface area (Å²) in [5, 5.41) is 4.09. The van der Waals surface area contributed by atoms with Crippen LogP contribution in [0, 0.1) is 5.92 Å². The predicted molar refractivity (Wildman–Crippen MR) is 91.2 cm³/mol. The van der Waals surface area contributed by atoms with Gasteiger partial charge in [0, 0.05) is 32.2 Å². The molecule has 0 aromatic heterocycles. The first-order chi connectivity index (χ1) is 10.6. The molecule has 0 spiro atoms. The molecule has 1 N–H and O–H groups in total. The number of nitrogens with one attached hydrogen (secondary N) is 1. The molecule has 22 heavy (non-hydrogen) atoms. The molecule has 0 saturated carbocycles. The van der Waals surface area contributed by atoms with Crippen LogP contribution in [0.15, 0.2) is 12.1 Å². The quantitative estimate of drug-likeness (QED) is 0.869. The first-order valence-electron chi connectivity index (χ1n) is 7.99. The Bertz CT molecular complexity index is 490. The lowest BCUT2D eigenvalue weighted by Crippen LogP contribution is -2.46. The van der Waals surface area contributed by atoms with Gasteiger partial charge in [0.05, 0.1) is 19.2 Å². The third-order valence-electron chi connectivity index (χ3n) is 4.56. The lowest BCUT2D eigenvalue weighted by molar-refractivity contribution is 0.128. The highest BCUT2D eigenvalue weighted by molar-refractivity contribution is 6.33. The maximum absolute atomic E-state index is 6.66. The largest absolute Gasteiger partial charge is 0.493 e. The van der Waals surface area contributed by atoms with Crippen LogP contribution in [0.25, 0.3) is 0 Å². The van der Waals surface area contributed by atoms with Gasteiger partial charge >= 0.3 is 0 Å². The molecule has 1 aliphatic rings. The fourth-order valence-corrected chi connectivity index (χ4v) is 3.52. The second-order valence-corrected chi connectivity index (χ2v) is 6.20. The number of benzene rings is 1. The summed E-state index contributed by atoms with van der Waals surface area (Å²) in [6, 6.07) is 4.35. The minimum Gasteiger partial charge on any atom is -0.493 e. The van der Waals surface area contributed by atoms with E-state index in [0.717, 1.165) is 38.2 Å². The Morgan fingerprint density at radius 3 is 2.45 bits per heavy atom. The zero-order chi connectivity index (χ0) is 16.1. The number of methoxy groups -OCH3 is 2. The van der Waals surface area contributed by atoms with Crippen LogP contribution in [-0.2, 0) is 0 Å². The molecule has 4 nitrogen and oxygen atoms in total. The van der Waals surface area contributed by atoms with Gasteiger partial charge in [-0.3, -0.25) is 4.90 Å². The van der Waals surface area contributed by atoms with Crippen molar-refractivity contribution in [3.8, 4) is 11.5 Å². The molecule has 0 bridgehead atoms. The van der Waals surface area contributed by atoms with E-state index >= 15 is 0 Å². The molecule has 1 aliphatic heterocycles. The monoisotopic (exact) mass is 326 g/mol. The van der Waals surface area contributed by atoms with E-state index in [0.29, 0.717) is 28.5 Å².